The molecule has 3 rings (SSSR count). The van der Waals surface area contributed by atoms with Crippen LogP contribution in [0.1, 0.15) is 19.3 Å². The minimum absolute atomic E-state index is 0.0714. The first-order valence-corrected chi connectivity index (χ1v) is 9.89. The second kappa shape index (κ2) is 7.77. The summed E-state index contributed by atoms with van der Waals surface area (Å²) in [5.74, 6) is -2.12. The molecule has 2 aromatic carbocycles. The highest BCUT2D eigenvalue weighted by Crippen LogP contribution is 2.29. The summed E-state index contributed by atoms with van der Waals surface area (Å²) in [5, 5.41) is 3.00. The Morgan fingerprint density at radius 2 is 1.74 bits per heavy atom. The number of hydrogen-bond donors (Lipinski definition) is 2. The molecular weight excluding hydrogens is 381 g/mol. The SMILES string of the molecule is CNS(=O)(=O)c1ccc(N[C@H]2CCC[C@H]2Oc2cc(F)cc(F)c2)c(F)c1. The van der Waals surface area contributed by atoms with E-state index in [2.05, 4.69) is 10.0 Å². The van der Waals surface area contributed by atoms with E-state index in [4.69, 9.17) is 4.74 Å². The monoisotopic (exact) mass is 400 g/mol. The Kier molecular flexibility index (Phi) is 5.61. The van der Waals surface area contributed by atoms with E-state index in [0.717, 1.165) is 30.7 Å². The summed E-state index contributed by atoms with van der Waals surface area (Å²) < 4.78 is 72.3. The maximum absolute atomic E-state index is 14.3. The molecule has 0 saturated heterocycles. The number of sulfonamides is 1. The summed E-state index contributed by atoms with van der Waals surface area (Å²) >= 11 is 0. The largest absolute Gasteiger partial charge is 0.488 e. The van der Waals surface area contributed by atoms with Crippen molar-refractivity contribution in [3.63, 3.8) is 0 Å². The summed E-state index contributed by atoms with van der Waals surface area (Å²) in [4.78, 5) is -0.178. The third-order valence-corrected chi connectivity index (χ3v) is 5.85. The normalized spacial score (nSPS) is 19.9. The van der Waals surface area contributed by atoms with Gasteiger partial charge in [-0.05, 0) is 44.5 Å². The smallest absolute Gasteiger partial charge is 0.240 e. The molecule has 0 aliphatic heterocycles. The standard InChI is InChI=1S/C18H19F3N2O3S/c1-22-27(24,25)14-5-6-16(15(21)10-14)23-17-3-2-4-18(17)26-13-8-11(19)7-12(20)9-13/h5-10,17-18,22-23H,2-4H2,1H3/t17-,18+/m0/s1. The van der Waals surface area contributed by atoms with Crippen molar-refractivity contribution in [2.24, 2.45) is 0 Å². The van der Waals surface area contributed by atoms with Crippen LogP contribution in [0.4, 0.5) is 18.9 Å². The highest BCUT2D eigenvalue weighted by atomic mass is 32.2. The van der Waals surface area contributed by atoms with E-state index < -0.39 is 33.6 Å². The van der Waals surface area contributed by atoms with Crippen molar-refractivity contribution in [2.45, 2.75) is 36.3 Å². The molecule has 2 aromatic rings. The van der Waals surface area contributed by atoms with Crippen molar-refractivity contribution in [1.82, 2.24) is 4.72 Å². The van der Waals surface area contributed by atoms with Crippen LogP contribution in [0.15, 0.2) is 41.3 Å². The molecule has 1 aliphatic rings. The molecular formula is C18H19F3N2O3S. The van der Waals surface area contributed by atoms with Gasteiger partial charge in [-0.1, -0.05) is 0 Å². The van der Waals surface area contributed by atoms with Gasteiger partial charge in [-0.2, -0.15) is 0 Å². The summed E-state index contributed by atoms with van der Waals surface area (Å²) in [5.41, 5.74) is 0.135. The van der Waals surface area contributed by atoms with E-state index in [0.29, 0.717) is 12.8 Å². The fourth-order valence-corrected chi connectivity index (χ4v) is 3.84. The fraction of sp³-hybridized carbons (Fsp3) is 0.333. The van der Waals surface area contributed by atoms with E-state index >= 15 is 0 Å². The number of hydrogen-bond acceptors (Lipinski definition) is 4. The second-order valence-corrected chi connectivity index (χ2v) is 8.18. The zero-order chi connectivity index (χ0) is 19.6. The molecule has 0 heterocycles. The number of ether oxygens (including phenoxy) is 1. The zero-order valence-corrected chi connectivity index (χ0v) is 15.3. The number of halogens is 3. The third kappa shape index (κ3) is 4.54. The van der Waals surface area contributed by atoms with Crippen LogP contribution < -0.4 is 14.8 Å². The molecule has 1 saturated carbocycles. The molecule has 9 heteroatoms. The minimum atomic E-state index is -3.74. The van der Waals surface area contributed by atoms with Gasteiger partial charge in [-0.3, -0.25) is 0 Å². The molecule has 0 spiro atoms. The van der Waals surface area contributed by atoms with Gasteiger partial charge in [0.1, 0.15) is 29.3 Å². The molecule has 0 amide bonds. The second-order valence-electron chi connectivity index (χ2n) is 6.29. The topological polar surface area (TPSA) is 67.4 Å². The Hall–Kier alpha value is -2.26. The van der Waals surface area contributed by atoms with Gasteiger partial charge >= 0.3 is 0 Å². The number of rotatable bonds is 6. The average molecular weight is 400 g/mol. The molecule has 0 aromatic heterocycles. The van der Waals surface area contributed by atoms with Gasteiger partial charge < -0.3 is 10.1 Å². The van der Waals surface area contributed by atoms with Crippen molar-refractivity contribution in [2.75, 3.05) is 12.4 Å². The van der Waals surface area contributed by atoms with Gasteiger partial charge in [0.2, 0.25) is 10.0 Å². The van der Waals surface area contributed by atoms with Crippen molar-refractivity contribution in [1.29, 1.82) is 0 Å². The van der Waals surface area contributed by atoms with Crippen LogP contribution in [-0.2, 0) is 10.0 Å². The summed E-state index contributed by atoms with van der Waals surface area (Å²) in [7, 11) is -2.49. The number of anilines is 1. The summed E-state index contributed by atoms with van der Waals surface area (Å²) in [6.07, 6.45) is 1.72. The molecule has 146 valence electrons. The van der Waals surface area contributed by atoms with Crippen LogP contribution in [0.5, 0.6) is 5.75 Å². The molecule has 0 unspecified atom stereocenters. The van der Waals surface area contributed by atoms with Crippen molar-refractivity contribution in [3.05, 3.63) is 53.8 Å². The first-order valence-electron chi connectivity index (χ1n) is 8.41. The van der Waals surface area contributed by atoms with Crippen LogP contribution in [-0.4, -0.2) is 27.6 Å². The van der Waals surface area contributed by atoms with Crippen molar-refractivity contribution in [3.8, 4) is 5.75 Å². The fourth-order valence-electron chi connectivity index (χ4n) is 3.10. The first-order chi connectivity index (χ1) is 12.8. The van der Waals surface area contributed by atoms with E-state index in [1.807, 2.05) is 0 Å². The number of nitrogens with one attached hydrogen (secondary N) is 2. The highest BCUT2D eigenvalue weighted by molar-refractivity contribution is 7.89. The van der Waals surface area contributed by atoms with Crippen molar-refractivity contribution < 1.29 is 26.3 Å². The van der Waals surface area contributed by atoms with Gasteiger partial charge in [0, 0.05) is 18.2 Å². The van der Waals surface area contributed by atoms with Gasteiger partial charge in [0.25, 0.3) is 0 Å². The first kappa shape index (κ1) is 19.5. The Balaban J connectivity index is 1.74. The van der Waals surface area contributed by atoms with Crippen LogP contribution in [0, 0.1) is 17.5 Å². The van der Waals surface area contributed by atoms with E-state index in [-0.39, 0.29) is 22.4 Å². The Morgan fingerprint density at radius 1 is 1.04 bits per heavy atom. The van der Waals surface area contributed by atoms with E-state index in [9.17, 15) is 21.6 Å². The lowest BCUT2D eigenvalue weighted by atomic mass is 10.2. The lowest BCUT2D eigenvalue weighted by molar-refractivity contribution is 0.196. The van der Waals surface area contributed by atoms with Gasteiger partial charge in [0.15, 0.2) is 0 Å². The van der Waals surface area contributed by atoms with Crippen LogP contribution >= 0.6 is 0 Å². The van der Waals surface area contributed by atoms with Crippen LogP contribution in [0.2, 0.25) is 0 Å². The van der Waals surface area contributed by atoms with Gasteiger partial charge in [-0.25, -0.2) is 26.3 Å². The van der Waals surface area contributed by atoms with Gasteiger partial charge in [-0.15, -0.1) is 0 Å². The minimum Gasteiger partial charge on any atom is -0.488 e. The molecule has 27 heavy (non-hydrogen) atoms. The van der Waals surface area contributed by atoms with Gasteiger partial charge in [0.05, 0.1) is 16.6 Å². The third-order valence-electron chi connectivity index (χ3n) is 4.44. The maximum atomic E-state index is 14.3. The average Bonchev–Trinajstić information content (AvgIpc) is 3.02. The lowest BCUT2D eigenvalue weighted by Gasteiger charge is -2.23. The number of benzene rings is 2. The predicted molar refractivity (Wildman–Crippen MR) is 94.7 cm³/mol. The molecule has 2 N–H and O–H groups in total. The Bertz CT molecular complexity index is 917. The summed E-state index contributed by atoms with van der Waals surface area (Å²) in [6, 6.07) is 6.24. The Morgan fingerprint density at radius 3 is 2.37 bits per heavy atom. The van der Waals surface area contributed by atoms with Crippen molar-refractivity contribution >= 4 is 15.7 Å². The maximum Gasteiger partial charge on any atom is 0.240 e. The lowest BCUT2D eigenvalue weighted by Crippen LogP contribution is -2.33. The Labute approximate surface area is 155 Å². The molecule has 1 aliphatic carbocycles. The van der Waals surface area contributed by atoms with Crippen LogP contribution in [0.25, 0.3) is 0 Å². The molecule has 5 nitrogen and oxygen atoms in total. The highest BCUT2D eigenvalue weighted by Gasteiger charge is 2.30. The van der Waals surface area contributed by atoms with E-state index in [1.165, 1.54) is 19.2 Å². The quantitative estimate of drug-likeness (QED) is 0.780. The molecule has 1 fully saturated rings. The molecule has 0 bridgehead atoms. The molecule has 2 atom stereocenters. The summed E-state index contributed by atoms with van der Waals surface area (Å²) in [6.45, 7) is 0. The predicted octanol–water partition coefficient (Wildman–Crippen LogP) is 3.42. The van der Waals surface area contributed by atoms with Crippen LogP contribution in [0.3, 0.4) is 0 Å². The van der Waals surface area contributed by atoms with E-state index in [1.54, 1.807) is 0 Å². The molecule has 0 radical (unpaired) electrons. The zero-order valence-electron chi connectivity index (χ0n) is 14.5.